The van der Waals surface area contributed by atoms with Gasteiger partial charge in [-0.1, -0.05) is 36.4 Å². The largest absolute Gasteiger partial charge is 0.493 e. The monoisotopic (exact) mass is 575 g/mol. The first-order valence-corrected chi connectivity index (χ1v) is 15.2. The fourth-order valence-electron chi connectivity index (χ4n) is 6.83. The quantitative estimate of drug-likeness (QED) is 0.259. The molecule has 7 rings (SSSR count). The van der Waals surface area contributed by atoms with Gasteiger partial charge in [0.05, 0.1) is 42.9 Å². The average molecular weight is 576 g/mol. The van der Waals surface area contributed by atoms with Gasteiger partial charge in [0.25, 0.3) is 0 Å². The molecule has 8 nitrogen and oxygen atoms in total. The van der Waals surface area contributed by atoms with Crippen LogP contribution in [0.25, 0.3) is 16.7 Å². The summed E-state index contributed by atoms with van der Waals surface area (Å²) >= 11 is 0. The molecule has 1 aromatic heterocycles. The molecule has 1 amide bonds. The number of hydrazone groups is 1. The average Bonchev–Trinajstić information content (AvgIpc) is 3.50. The molecule has 43 heavy (non-hydrogen) atoms. The van der Waals surface area contributed by atoms with Crippen LogP contribution in [0.4, 0.5) is 0 Å². The summed E-state index contributed by atoms with van der Waals surface area (Å²) in [5.41, 5.74) is 6.47. The number of hydrogen-bond donors (Lipinski definition) is 0. The van der Waals surface area contributed by atoms with Gasteiger partial charge in [-0.15, -0.1) is 0 Å². The van der Waals surface area contributed by atoms with Crippen molar-refractivity contribution < 1.29 is 14.3 Å². The lowest BCUT2D eigenvalue weighted by Gasteiger charge is -2.42. The van der Waals surface area contributed by atoms with E-state index in [0.717, 1.165) is 73.3 Å². The van der Waals surface area contributed by atoms with Gasteiger partial charge >= 0.3 is 0 Å². The van der Waals surface area contributed by atoms with Crippen molar-refractivity contribution >= 4 is 22.7 Å². The highest BCUT2D eigenvalue weighted by Crippen LogP contribution is 2.38. The normalized spacial score (nSPS) is 21.1. The first kappa shape index (κ1) is 27.4. The van der Waals surface area contributed by atoms with Crippen LogP contribution in [0, 0.1) is 11.8 Å². The van der Waals surface area contributed by atoms with E-state index in [1.165, 1.54) is 5.56 Å². The van der Waals surface area contributed by atoms with Gasteiger partial charge in [0.1, 0.15) is 6.33 Å². The van der Waals surface area contributed by atoms with Crippen molar-refractivity contribution in [2.75, 3.05) is 27.3 Å². The highest BCUT2D eigenvalue weighted by Gasteiger charge is 2.42. The van der Waals surface area contributed by atoms with Crippen LogP contribution in [-0.4, -0.2) is 64.4 Å². The smallest absolute Gasteiger partial charge is 0.247 e. The van der Waals surface area contributed by atoms with Gasteiger partial charge in [-0.2, -0.15) is 5.10 Å². The van der Waals surface area contributed by atoms with Gasteiger partial charge in [0, 0.05) is 36.8 Å². The van der Waals surface area contributed by atoms with E-state index in [0.29, 0.717) is 11.5 Å². The summed E-state index contributed by atoms with van der Waals surface area (Å²) in [7, 11) is 3.29. The number of ether oxygens (including phenoxy) is 2. The van der Waals surface area contributed by atoms with Crippen LogP contribution < -0.4 is 9.47 Å². The number of likely N-dealkylation sites (tertiary alicyclic amines) is 1. The van der Waals surface area contributed by atoms with Crippen LogP contribution in [0.5, 0.6) is 11.5 Å². The Morgan fingerprint density at radius 2 is 1.60 bits per heavy atom. The molecule has 2 atom stereocenters. The van der Waals surface area contributed by atoms with Crippen LogP contribution in [-0.2, 0) is 11.3 Å². The number of nitrogens with zero attached hydrogens (tertiary/aromatic N) is 5. The molecule has 8 heteroatoms. The molecule has 1 saturated heterocycles. The Hall–Kier alpha value is -4.43. The highest BCUT2D eigenvalue weighted by molar-refractivity contribution is 6.07. The fraction of sp³-hybridized carbons (Fsp3) is 0.343. The number of carbonyl (C=O) groups excluding carboxylic acids is 1. The van der Waals surface area contributed by atoms with E-state index >= 15 is 0 Å². The molecule has 3 heterocycles. The van der Waals surface area contributed by atoms with Crippen molar-refractivity contribution in [3.8, 4) is 17.2 Å². The maximum Gasteiger partial charge on any atom is 0.247 e. The lowest BCUT2D eigenvalue weighted by molar-refractivity contribution is -0.141. The van der Waals surface area contributed by atoms with Gasteiger partial charge in [0.15, 0.2) is 11.5 Å². The van der Waals surface area contributed by atoms with E-state index < -0.39 is 0 Å². The van der Waals surface area contributed by atoms with Gasteiger partial charge < -0.3 is 9.47 Å². The number of benzene rings is 3. The van der Waals surface area contributed by atoms with Crippen molar-refractivity contribution in [1.82, 2.24) is 19.5 Å². The number of allylic oxidation sites excluding steroid dienone is 2. The predicted octanol–water partition coefficient (Wildman–Crippen LogP) is 5.84. The summed E-state index contributed by atoms with van der Waals surface area (Å²) in [6, 6.07) is 23.0. The number of methoxy groups -OCH3 is 2. The van der Waals surface area contributed by atoms with Crippen molar-refractivity contribution in [1.29, 1.82) is 0 Å². The molecule has 0 radical (unpaired) electrons. The third kappa shape index (κ3) is 5.20. The van der Waals surface area contributed by atoms with E-state index in [-0.39, 0.29) is 23.8 Å². The SMILES string of the molecule is COc1ccc(C2=NN(C3CCN(Cc4ccc(-n5cnc6ccccc65)cc4)CC3)C(=O)[C@@H]3CC=CC[C@H]23)cc1OC. The minimum Gasteiger partial charge on any atom is -0.493 e. The molecule has 3 aliphatic rings. The summed E-state index contributed by atoms with van der Waals surface area (Å²) in [5, 5.41) is 6.91. The Kier molecular flexibility index (Phi) is 7.45. The van der Waals surface area contributed by atoms with Gasteiger partial charge in [0.2, 0.25) is 5.91 Å². The Morgan fingerprint density at radius 3 is 2.37 bits per heavy atom. The van der Waals surface area contributed by atoms with Crippen LogP contribution in [0.15, 0.2) is 90.3 Å². The molecule has 220 valence electrons. The number of aromatic nitrogens is 2. The predicted molar refractivity (Wildman–Crippen MR) is 168 cm³/mol. The van der Waals surface area contributed by atoms with Crippen LogP contribution in [0.3, 0.4) is 0 Å². The minimum atomic E-state index is -0.0743. The Bertz CT molecular complexity index is 1680. The minimum absolute atomic E-state index is 0.0743. The number of fused-ring (bicyclic) bond motifs is 2. The standard InChI is InChI=1S/C35H37N5O3/c1-42-32-16-13-25(21-33(32)43-2)34-28-7-3-4-8-29(28)35(41)40(37-34)27-17-19-38(20-18-27)22-24-11-14-26(15-12-24)39-23-36-30-9-5-6-10-31(30)39/h3-6,9-16,21,23,27-29H,7-8,17-20,22H2,1-2H3/t28-,29+/m0/s1. The van der Waals surface area contributed by atoms with Crippen LogP contribution >= 0.6 is 0 Å². The third-order valence-corrected chi connectivity index (χ3v) is 9.20. The number of piperidine rings is 1. The molecule has 1 fully saturated rings. The van der Waals surface area contributed by atoms with E-state index in [2.05, 4.69) is 56.9 Å². The number of carbonyl (C=O) groups is 1. The zero-order chi connectivity index (χ0) is 29.3. The van der Waals surface area contributed by atoms with Crippen LogP contribution in [0.2, 0.25) is 0 Å². The van der Waals surface area contributed by atoms with Gasteiger partial charge in [-0.25, -0.2) is 9.99 Å². The molecule has 0 bridgehead atoms. The maximum absolute atomic E-state index is 13.8. The summed E-state index contributed by atoms with van der Waals surface area (Å²) in [6.07, 6.45) is 9.61. The summed E-state index contributed by atoms with van der Waals surface area (Å²) in [6.45, 7) is 2.75. The number of amides is 1. The number of imidazole rings is 1. The Balaban J connectivity index is 1.05. The zero-order valence-electron chi connectivity index (χ0n) is 24.7. The fourth-order valence-corrected chi connectivity index (χ4v) is 6.83. The molecule has 0 N–H and O–H groups in total. The molecule has 0 saturated carbocycles. The molecule has 1 aliphatic carbocycles. The van der Waals surface area contributed by atoms with Crippen molar-refractivity contribution in [3.05, 3.63) is 96.3 Å². The van der Waals surface area contributed by atoms with Crippen molar-refractivity contribution in [3.63, 3.8) is 0 Å². The van der Waals surface area contributed by atoms with E-state index in [1.54, 1.807) is 14.2 Å². The van der Waals surface area contributed by atoms with E-state index in [1.807, 2.05) is 47.7 Å². The lowest BCUT2D eigenvalue weighted by Crippen LogP contribution is -2.52. The summed E-state index contributed by atoms with van der Waals surface area (Å²) < 4.78 is 13.2. The zero-order valence-corrected chi connectivity index (χ0v) is 24.7. The van der Waals surface area contributed by atoms with Crippen molar-refractivity contribution in [2.24, 2.45) is 16.9 Å². The molecule has 2 aliphatic heterocycles. The molecular weight excluding hydrogens is 538 g/mol. The molecule has 4 aromatic rings. The third-order valence-electron chi connectivity index (χ3n) is 9.20. The van der Waals surface area contributed by atoms with Gasteiger partial charge in [-0.05, 0) is 73.7 Å². The second-order valence-electron chi connectivity index (χ2n) is 11.7. The first-order valence-electron chi connectivity index (χ1n) is 15.2. The first-order chi connectivity index (χ1) is 21.1. The Labute approximate surface area is 252 Å². The summed E-state index contributed by atoms with van der Waals surface area (Å²) in [4.78, 5) is 20.8. The maximum atomic E-state index is 13.8. The number of rotatable bonds is 7. The topological polar surface area (TPSA) is 72.2 Å². The second-order valence-corrected chi connectivity index (χ2v) is 11.7. The second kappa shape index (κ2) is 11.7. The lowest BCUT2D eigenvalue weighted by atomic mass is 9.76. The molecule has 0 spiro atoms. The van der Waals surface area contributed by atoms with Gasteiger partial charge in [-0.3, -0.25) is 14.3 Å². The highest BCUT2D eigenvalue weighted by atomic mass is 16.5. The van der Waals surface area contributed by atoms with Crippen LogP contribution in [0.1, 0.15) is 36.8 Å². The van der Waals surface area contributed by atoms with Crippen molar-refractivity contribution in [2.45, 2.75) is 38.3 Å². The number of hydrogen-bond acceptors (Lipinski definition) is 6. The molecule has 0 unspecified atom stereocenters. The molecular formula is C35H37N5O3. The van der Waals surface area contributed by atoms with E-state index in [4.69, 9.17) is 14.6 Å². The Morgan fingerprint density at radius 1 is 0.860 bits per heavy atom. The molecule has 3 aromatic carbocycles. The number of para-hydroxylation sites is 2. The van der Waals surface area contributed by atoms with E-state index in [9.17, 15) is 4.79 Å². The summed E-state index contributed by atoms with van der Waals surface area (Å²) in [5.74, 6) is 1.53.